The van der Waals surface area contributed by atoms with Crippen molar-refractivity contribution in [2.24, 2.45) is 0 Å². The predicted molar refractivity (Wildman–Crippen MR) is 83.0 cm³/mol. The van der Waals surface area contributed by atoms with Crippen molar-refractivity contribution in [2.75, 3.05) is 77.9 Å². The normalized spacial score (nSPS) is 22.5. The summed E-state index contributed by atoms with van der Waals surface area (Å²) < 4.78 is 31.9. The van der Waals surface area contributed by atoms with E-state index in [4.69, 9.17) is 4.74 Å². The third-order valence-corrected chi connectivity index (χ3v) is 5.33. The van der Waals surface area contributed by atoms with Crippen molar-refractivity contribution in [1.82, 2.24) is 19.8 Å². The topological polar surface area (TPSA) is 73.9 Å². The molecule has 2 aliphatic heterocycles. The van der Waals surface area contributed by atoms with Crippen molar-refractivity contribution >= 4 is 10.0 Å². The van der Waals surface area contributed by atoms with E-state index in [9.17, 15) is 8.42 Å². The molecule has 0 unspecified atom stereocenters. The maximum absolute atomic E-state index is 11.9. The highest BCUT2D eigenvalue weighted by Crippen LogP contribution is 1.98. The SMILES string of the molecule is O=S(=O)(CCN1CCNCC1)NCCCN1CCOCC1. The van der Waals surface area contributed by atoms with Crippen molar-refractivity contribution in [3.05, 3.63) is 0 Å². The molecule has 0 bridgehead atoms. The number of nitrogens with one attached hydrogen (secondary N) is 2. The van der Waals surface area contributed by atoms with Gasteiger partial charge in [-0.2, -0.15) is 0 Å². The van der Waals surface area contributed by atoms with Crippen LogP contribution in [0.5, 0.6) is 0 Å². The van der Waals surface area contributed by atoms with Crippen molar-refractivity contribution in [2.45, 2.75) is 6.42 Å². The molecule has 0 spiro atoms. The zero-order chi connectivity index (χ0) is 15.0. The smallest absolute Gasteiger partial charge is 0.212 e. The standard InChI is InChI=1S/C13H28N4O3S/c18-21(19,13-10-17-6-3-14-4-7-17)15-2-1-5-16-8-11-20-12-9-16/h14-15H,1-13H2. The Bertz CT molecular complexity index is 379. The van der Waals surface area contributed by atoms with E-state index >= 15 is 0 Å². The van der Waals surface area contributed by atoms with E-state index < -0.39 is 10.0 Å². The van der Waals surface area contributed by atoms with Crippen LogP contribution in [0.3, 0.4) is 0 Å². The van der Waals surface area contributed by atoms with Crippen LogP contribution in [-0.2, 0) is 14.8 Å². The summed E-state index contributed by atoms with van der Waals surface area (Å²) in [6, 6.07) is 0. The molecule has 21 heavy (non-hydrogen) atoms. The molecule has 2 heterocycles. The largest absolute Gasteiger partial charge is 0.379 e. The molecule has 0 aromatic rings. The number of ether oxygens (including phenoxy) is 1. The van der Waals surface area contributed by atoms with E-state index in [1.54, 1.807) is 0 Å². The van der Waals surface area contributed by atoms with Gasteiger partial charge in [0.1, 0.15) is 0 Å². The first-order valence-corrected chi connectivity index (χ1v) is 9.51. The fourth-order valence-corrected chi connectivity index (χ4v) is 3.71. The number of morpholine rings is 1. The Balaban J connectivity index is 1.55. The van der Waals surface area contributed by atoms with Crippen molar-refractivity contribution in [3.8, 4) is 0 Å². The molecule has 2 N–H and O–H groups in total. The molecule has 7 nitrogen and oxygen atoms in total. The predicted octanol–water partition coefficient (Wildman–Crippen LogP) is -1.47. The minimum atomic E-state index is -3.14. The molecule has 0 aromatic carbocycles. The lowest BCUT2D eigenvalue weighted by Crippen LogP contribution is -2.46. The zero-order valence-corrected chi connectivity index (χ0v) is 13.5. The van der Waals surface area contributed by atoms with Gasteiger partial charge in [0.25, 0.3) is 0 Å². The number of hydrogen-bond acceptors (Lipinski definition) is 6. The first-order valence-electron chi connectivity index (χ1n) is 7.86. The van der Waals surface area contributed by atoms with Crippen LogP contribution in [0, 0.1) is 0 Å². The molecule has 2 rings (SSSR count). The third kappa shape index (κ3) is 7.03. The molecule has 0 saturated carbocycles. The molecule has 2 fully saturated rings. The number of sulfonamides is 1. The molecule has 2 saturated heterocycles. The minimum absolute atomic E-state index is 0.199. The zero-order valence-electron chi connectivity index (χ0n) is 12.7. The molecule has 0 amide bonds. The highest BCUT2D eigenvalue weighted by Gasteiger charge is 2.15. The summed E-state index contributed by atoms with van der Waals surface area (Å²) in [5, 5.41) is 3.26. The lowest BCUT2D eigenvalue weighted by Gasteiger charge is -2.27. The van der Waals surface area contributed by atoms with Crippen molar-refractivity contribution in [1.29, 1.82) is 0 Å². The van der Waals surface area contributed by atoms with Crippen molar-refractivity contribution in [3.63, 3.8) is 0 Å². The Hall–Kier alpha value is -0.250. The summed E-state index contributed by atoms with van der Waals surface area (Å²) in [5.41, 5.74) is 0. The fraction of sp³-hybridized carbons (Fsp3) is 1.00. The van der Waals surface area contributed by atoms with Crippen LogP contribution in [0.2, 0.25) is 0 Å². The maximum atomic E-state index is 11.9. The van der Waals surface area contributed by atoms with Crippen LogP contribution in [0.1, 0.15) is 6.42 Å². The lowest BCUT2D eigenvalue weighted by molar-refractivity contribution is 0.0376. The van der Waals surface area contributed by atoms with Gasteiger partial charge in [-0.3, -0.25) is 9.80 Å². The highest BCUT2D eigenvalue weighted by atomic mass is 32.2. The quantitative estimate of drug-likeness (QED) is 0.532. The average Bonchev–Trinajstić information content (AvgIpc) is 2.52. The van der Waals surface area contributed by atoms with Crippen LogP contribution in [0.15, 0.2) is 0 Å². The molecule has 8 heteroatoms. The molecule has 0 aromatic heterocycles. The van der Waals surface area contributed by atoms with E-state index in [0.717, 1.165) is 65.4 Å². The molecule has 0 radical (unpaired) electrons. The highest BCUT2D eigenvalue weighted by molar-refractivity contribution is 7.89. The summed E-state index contributed by atoms with van der Waals surface area (Å²) >= 11 is 0. The van der Waals surface area contributed by atoms with Gasteiger partial charge in [-0.1, -0.05) is 0 Å². The second-order valence-corrected chi connectivity index (χ2v) is 7.54. The molecule has 2 aliphatic rings. The van der Waals surface area contributed by atoms with Crippen LogP contribution in [-0.4, -0.2) is 96.1 Å². The van der Waals surface area contributed by atoms with Gasteiger partial charge in [0, 0.05) is 52.4 Å². The second kappa shape index (κ2) is 9.02. The van der Waals surface area contributed by atoms with E-state index in [2.05, 4.69) is 19.8 Å². The summed E-state index contributed by atoms with van der Waals surface area (Å²) in [6.07, 6.45) is 0.854. The Kier molecular flexibility index (Phi) is 7.35. The van der Waals surface area contributed by atoms with E-state index in [1.807, 2.05) is 0 Å². The van der Waals surface area contributed by atoms with Crippen LogP contribution >= 0.6 is 0 Å². The second-order valence-electron chi connectivity index (χ2n) is 5.61. The van der Waals surface area contributed by atoms with Crippen molar-refractivity contribution < 1.29 is 13.2 Å². The summed E-state index contributed by atoms with van der Waals surface area (Å²) in [4.78, 5) is 4.52. The minimum Gasteiger partial charge on any atom is -0.379 e. The summed E-state index contributed by atoms with van der Waals surface area (Å²) in [6.45, 7) is 9.35. The van der Waals surface area contributed by atoms with E-state index in [-0.39, 0.29) is 5.75 Å². The maximum Gasteiger partial charge on any atom is 0.212 e. The molecular weight excluding hydrogens is 292 g/mol. The first-order chi connectivity index (χ1) is 10.2. The Morgan fingerprint density at radius 1 is 1.00 bits per heavy atom. The third-order valence-electron chi connectivity index (χ3n) is 3.96. The summed E-state index contributed by atoms with van der Waals surface area (Å²) in [5.74, 6) is 0.199. The Labute approximate surface area is 128 Å². The van der Waals surface area contributed by atoms with Crippen LogP contribution in [0.4, 0.5) is 0 Å². The van der Waals surface area contributed by atoms with Gasteiger partial charge < -0.3 is 10.1 Å². The van der Waals surface area contributed by atoms with Gasteiger partial charge in [-0.25, -0.2) is 13.1 Å². The summed E-state index contributed by atoms with van der Waals surface area (Å²) in [7, 11) is -3.14. The average molecular weight is 320 g/mol. The van der Waals surface area contributed by atoms with E-state index in [1.165, 1.54) is 0 Å². The molecule has 124 valence electrons. The molecular formula is C13H28N4O3S. The van der Waals surface area contributed by atoms with E-state index in [0.29, 0.717) is 13.1 Å². The van der Waals surface area contributed by atoms with Gasteiger partial charge in [0.05, 0.1) is 19.0 Å². The molecule has 0 aliphatic carbocycles. The monoisotopic (exact) mass is 320 g/mol. The number of hydrogen-bond donors (Lipinski definition) is 2. The van der Waals surface area contributed by atoms with Gasteiger partial charge >= 0.3 is 0 Å². The van der Waals surface area contributed by atoms with Gasteiger partial charge in [0.15, 0.2) is 0 Å². The number of nitrogens with zero attached hydrogens (tertiary/aromatic N) is 2. The number of rotatable bonds is 8. The van der Waals surface area contributed by atoms with Crippen LogP contribution in [0.25, 0.3) is 0 Å². The molecule has 0 atom stereocenters. The number of piperazine rings is 1. The first kappa shape index (κ1) is 17.1. The van der Waals surface area contributed by atoms with Gasteiger partial charge in [0.2, 0.25) is 10.0 Å². The Morgan fingerprint density at radius 3 is 2.38 bits per heavy atom. The van der Waals surface area contributed by atoms with Gasteiger partial charge in [-0.15, -0.1) is 0 Å². The fourth-order valence-electron chi connectivity index (χ4n) is 2.61. The lowest BCUT2D eigenvalue weighted by atomic mass is 10.3. The van der Waals surface area contributed by atoms with Crippen LogP contribution < -0.4 is 10.0 Å². The Morgan fingerprint density at radius 2 is 1.67 bits per heavy atom. The van der Waals surface area contributed by atoms with Gasteiger partial charge in [-0.05, 0) is 13.0 Å².